The number of benzene rings is 3. The summed E-state index contributed by atoms with van der Waals surface area (Å²) in [4.78, 5) is 0. The Kier molecular flexibility index (Phi) is 4.57. The molecule has 27 heavy (non-hydrogen) atoms. The summed E-state index contributed by atoms with van der Waals surface area (Å²) in [7, 11) is 8.29. The van der Waals surface area contributed by atoms with Crippen molar-refractivity contribution >= 4 is 18.6 Å². The quantitative estimate of drug-likeness (QED) is 0.308. The van der Waals surface area contributed by atoms with Gasteiger partial charge in [-0.1, -0.05) is 61.4 Å². The van der Waals surface area contributed by atoms with E-state index < -0.39 is 5.50 Å². The summed E-state index contributed by atoms with van der Waals surface area (Å²) in [5.74, 6) is 1.74. The predicted octanol–water partition coefficient (Wildman–Crippen LogP) is 6.33. The van der Waals surface area contributed by atoms with Crippen molar-refractivity contribution in [2.45, 2.75) is 32.2 Å². The fraction of sp³-hybridized carbons (Fsp3) is 0.250. The molecule has 0 aromatic heterocycles. The van der Waals surface area contributed by atoms with Gasteiger partial charge in [0.25, 0.3) is 0 Å². The normalized spacial score (nSPS) is 15.1. The average Bonchev–Trinajstić information content (AvgIpc) is 2.68. The van der Waals surface area contributed by atoms with E-state index in [0.29, 0.717) is 0 Å². The highest BCUT2D eigenvalue weighted by Crippen LogP contribution is 2.47. The van der Waals surface area contributed by atoms with Crippen LogP contribution in [0, 0.1) is 0 Å². The van der Waals surface area contributed by atoms with Crippen LogP contribution in [-0.2, 0) is 10.2 Å². The number of rotatable bonds is 5. The number of methoxy groups -OCH3 is 1. The first-order valence-electron chi connectivity index (χ1n) is 9.42. The molecular weight excluding hydrogens is 331 g/mol. The van der Waals surface area contributed by atoms with Gasteiger partial charge in [0, 0.05) is 18.1 Å². The Morgan fingerprint density at radius 3 is 2.59 bits per heavy atom. The van der Waals surface area contributed by atoms with Crippen molar-refractivity contribution in [1.82, 2.24) is 0 Å². The van der Waals surface area contributed by atoms with Gasteiger partial charge in [0.1, 0.15) is 19.3 Å². The van der Waals surface area contributed by atoms with Crippen LogP contribution in [0.1, 0.15) is 32.3 Å². The van der Waals surface area contributed by atoms with Crippen LogP contribution < -0.4 is 4.74 Å². The summed E-state index contributed by atoms with van der Waals surface area (Å²) in [5.41, 5.74) is 3.39. The van der Waals surface area contributed by atoms with Crippen LogP contribution in [0.2, 0.25) is 0 Å². The molecule has 1 unspecified atom stereocenters. The SMILES string of the molecule is [B]C(/C=C(/C)CCC)(OC)c1ccc2c(c1)-c1cccc3cccc(c13)O2. The summed E-state index contributed by atoms with van der Waals surface area (Å²) in [5, 5.41) is 2.31. The zero-order chi connectivity index (χ0) is 19.0. The van der Waals surface area contributed by atoms with Crippen LogP contribution in [0.5, 0.6) is 11.5 Å². The molecule has 0 saturated heterocycles. The first kappa shape index (κ1) is 17.9. The highest BCUT2D eigenvalue weighted by Gasteiger charge is 2.27. The molecule has 134 valence electrons. The van der Waals surface area contributed by atoms with E-state index in [-0.39, 0.29) is 0 Å². The van der Waals surface area contributed by atoms with E-state index in [1.165, 1.54) is 16.5 Å². The lowest BCUT2D eigenvalue weighted by molar-refractivity contribution is 0.102. The number of ether oxygens (including phenoxy) is 2. The van der Waals surface area contributed by atoms with E-state index in [1.807, 2.05) is 30.3 Å². The van der Waals surface area contributed by atoms with Gasteiger partial charge in [0.05, 0.1) is 5.50 Å². The monoisotopic (exact) mass is 354 g/mol. The largest absolute Gasteiger partial charge is 0.456 e. The summed E-state index contributed by atoms with van der Waals surface area (Å²) < 4.78 is 11.9. The highest BCUT2D eigenvalue weighted by atomic mass is 16.5. The average molecular weight is 354 g/mol. The molecule has 3 heteroatoms. The van der Waals surface area contributed by atoms with Crippen molar-refractivity contribution in [2.75, 3.05) is 7.11 Å². The van der Waals surface area contributed by atoms with E-state index in [1.54, 1.807) is 7.11 Å². The van der Waals surface area contributed by atoms with Crippen molar-refractivity contribution in [3.63, 3.8) is 0 Å². The van der Waals surface area contributed by atoms with Crippen molar-refractivity contribution in [2.24, 2.45) is 0 Å². The third kappa shape index (κ3) is 3.06. The molecule has 3 aromatic carbocycles. The Bertz CT molecular complexity index is 1030. The van der Waals surface area contributed by atoms with E-state index >= 15 is 0 Å². The van der Waals surface area contributed by atoms with Crippen LogP contribution >= 0.6 is 0 Å². The molecule has 1 aliphatic heterocycles. The standard InChI is InChI=1S/C24H23BO2/c1-4-7-16(2)15-24(25,26-3)18-12-13-21-20(14-18)19-10-5-8-17-9-6-11-22(27-21)23(17)19/h5-6,8-15H,4,7H2,1-3H3/b16-15-. The molecule has 0 aliphatic carbocycles. The Morgan fingerprint density at radius 1 is 1.07 bits per heavy atom. The smallest absolute Gasteiger partial charge is 0.135 e. The van der Waals surface area contributed by atoms with Gasteiger partial charge in [-0.25, -0.2) is 0 Å². The van der Waals surface area contributed by atoms with Crippen LogP contribution in [0.15, 0.2) is 66.2 Å². The molecule has 3 aromatic rings. The molecule has 0 saturated carbocycles. The summed E-state index contributed by atoms with van der Waals surface area (Å²) >= 11 is 0. The molecule has 2 nitrogen and oxygen atoms in total. The number of hydrogen-bond acceptors (Lipinski definition) is 2. The molecule has 0 N–H and O–H groups in total. The Morgan fingerprint density at radius 2 is 1.85 bits per heavy atom. The molecule has 0 spiro atoms. The molecule has 1 heterocycles. The summed E-state index contributed by atoms with van der Waals surface area (Å²) in [6.45, 7) is 4.26. The van der Waals surface area contributed by atoms with Gasteiger partial charge in [0.2, 0.25) is 0 Å². The second-order valence-corrected chi connectivity index (χ2v) is 7.21. The minimum absolute atomic E-state index is 0.845. The predicted molar refractivity (Wildman–Crippen MR) is 113 cm³/mol. The Balaban J connectivity index is 1.87. The molecule has 0 amide bonds. The van der Waals surface area contributed by atoms with Crippen LogP contribution in [0.4, 0.5) is 0 Å². The lowest BCUT2D eigenvalue weighted by Gasteiger charge is -2.29. The molecule has 4 rings (SSSR count). The fourth-order valence-electron chi connectivity index (χ4n) is 3.90. The zero-order valence-corrected chi connectivity index (χ0v) is 16.1. The van der Waals surface area contributed by atoms with Gasteiger partial charge in [-0.2, -0.15) is 0 Å². The molecule has 0 bridgehead atoms. The fourth-order valence-corrected chi connectivity index (χ4v) is 3.90. The number of allylic oxidation sites excluding steroid dienone is 1. The van der Waals surface area contributed by atoms with Crippen molar-refractivity contribution < 1.29 is 9.47 Å². The molecule has 1 aliphatic rings. The third-order valence-electron chi connectivity index (χ3n) is 5.25. The zero-order valence-electron chi connectivity index (χ0n) is 16.1. The van der Waals surface area contributed by atoms with Crippen molar-refractivity contribution in [3.8, 4) is 22.6 Å². The van der Waals surface area contributed by atoms with E-state index in [4.69, 9.17) is 17.3 Å². The van der Waals surface area contributed by atoms with Crippen molar-refractivity contribution in [3.05, 3.63) is 71.8 Å². The van der Waals surface area contributed by atoms with Gasteiger partial charge in [-0.15, -0.1) is 0 Å². The topological polar surface area (TPSA) is 18.5 Å². The van der Waals surface area contributed by atoms with Crippen LogP contribution in [-0.4, -0.2) is 15.0 Å². The van der Waals surface area contributed by atoms with Crippen LogP contribution in [0.3, 0.4) is 0 Å². The van der Waals surface area contributed by atoms with E-state index in [2.05, 4.69) is 44.2 Å². The maximum atomic E-state index is 6.64. The molecular formula is C24H23BO2. The second kappa shape index (κ2) is 6.90. The van der Waals surface area contributed by atoms with Gasteiger partial charge in [-0.05, 0) is 48.1 Å². The highest BCUT2D eigenvalue weighted by molar-refractivity contribution is 6.16. The lowest BCUT2D eigenvalue weighted by atomic mass is 9.73. The Hall–Kier alpha value is -2.52. The summed E-state index contributed by atoms with van der Waals surface area (Å²) in [6, 6.07) is 18.6. The van der Waals surface area contributed by atoms with Gasteiger partial charge in [-0.3, -0.25) is 0 Å². The maximum Gasteiger partial charge on any atom is 0.135 e. The molecule has 2 radical (unpaired) electrons. The van der Waals surface area contributed by atoms with Gasteiger partial charge in [0.15, 0.2) is 0 Å². The minimum Gasteiger partial charge on any atom is -0.456 e. The van der Waals surface area contributed by atoms with Gasteiger partial charge < -0.3 is 9.47 Å². The van der Waals surface area contributed by atoms with E-state index in [0.717, 1.165) is 40.9 Å². The Labute approximate surface area is 162 Å². The summed E-state index contributed by atoms with van der Waals surface area (Å²) in [6.07, 6.45) is 4.11. The lowest BCUT2D eigenvalue weighted by Crippen LogP contribution is -2.27. The molecule has 1 atom stereocenters. The first-order chi connectivity index (χ1) is 13.1. The van der Waals surface area contributed by atoms with Crippen molar-refractivity contribution in [1.29, 1.82) is 0 Å². The first-order valence-corrected chi connectivity index (χ1v) is 9.42. The maximum absolute atomic E-state index is 6.64. The third-order valence-corrected chi connectivity index (χ3v) is 5.25. The molecule has 0 fully saturated rings. The van der Waals surface area contributed by atoms with Gasteiger partial charge >= 0.3 is 0 Å². The number of fused-ring (bicyclic) bond motifs is 2. The van der Waals surface area contributed by atoms with Crippen LogP contribution in [0.25, 0.3) is 21.9 Å². The number of hydrogen-bond donors (Lipinski definition) is 0. The second-order valence-electron chi connectivity index (χ2n) is 7.21. The van der Waals surface area contributed by atoms with E-state index in [9.17, 15) is 0 Å². The minimum atomic E-state index is -0.959.